The molecule has 0 heterocycles. The van der Waals surface area contributed by atoms with E-state index in [1.165, 1.54) is 26.4 Å². The number of benzene rings is 2. The van der Waals surface area contributed by atoms with Gasteiger partial charge in [-0.3, -0.25) is 4.79 Å². The number of allylic oxidation sites excluding steroid dienone is 1. The van der Waals surface area contributed by atoms with Crippen molar-refractivity contribution < 1.29 is 19.4 Å². The molecule has 138 valence electrons. The van der Waals surface area contributed by atoms with Crippen molar-refractivity contribution in [3.8, 4) is 17.2 Å². The maximum Gasteiger partial charge on any atom is 0.193 e. The summed E-state index contributed by atoms with van der Waals surface area (Å²) in [5.74, 6) is 0.183. The Labute approximate surface area is 154 Å². The summed E-state index contributed by atoms with van der Waals surface area (Å²) < 4.78 is 10.3. The first-order valence-corrected chi connectivity index (χ1v) is 8.56. The predicted molar refractivity (Wildman–Crippen MR) is 105 cm³/mol. The first kappa shape index (κ1) is 19.4. The molecule has 0 saturated carbocycles. The highest BCUT2D eigenvalue weighted by molar-refractivity contribution is 6.10. The van der Waals surface area contributed by atoms with Crippen molar-refractivity contribution in [1.82, 2.24) is 0 Å². The number of nitrogens with zero attached hydrogens (tertiary/aromatic N) is 1. The lowest BCUT2D eigenvalue weighted by molar-refractivity contribution is 0.104. The molecule has 0 aliphatic rings. The number of carbonyl (C=O) groups excluding carboxylic acids is 1. The fraction of sp³-hybridized carbons (Fsp3) is 0.286. The van der Waals surface area contributed by atoms with E-state index in [0.717, 1.165) is 24.3 Å². The third kappa shape index (κ3) is 4.36. The molecule has 5 nitrogen and oxygen atoms in total. The molecule has 0 fully saturated rings. The summed E-state index contributed by atoms with van der Waals surface area (Å²) in [6.45, 7) is 6.12. The van der Waals surface area contributed by atoms with Gasteiger partial charge >= 0.3 is 0 Å². The van der Waals surface area contributed by atoms with E-state index in [4.69, 9.17) is 9.47 Å². The summed E-state index contributed by atoms with van der Waals surface area (Å²) in [7, 11) is 2.93. The van der Waals surface area contributed by atoms with Crippen LogP contribution in [0.2, 0.25) is 0 Å². The average Bonchev–Trinajstić information content (AvgIpc) is 2.67. The molecule has 5 heteroatoms. The van der Waals surface area contributed by atoms with Crippen LogP contribution in [0.1, 0.15) is 29.8 Å². The number of rotatable bonds is 8. The van der Waals surface area contributed by atoms with Gasteiger partial charge in [0.1, 0.15) is 22.8 Å². The Kier molecular flexibility index (Phi) is 6.67. The lowest BCUT2D eigenvalue weighted by atomic mass is 10.1. The van der Waals surface area contributed by atoms with Crippen LogP contribution in [-0.2, 0) is 0 Å². The Morgan fingerprint density at radius 2 is 1.73 bits per heavy atom. The molecule has 2 rings (SSSR count). The van der Waals surface area contributed by atoms with E-state index in [9.17, 15) is 9.90 Å². The average molecular weight is 355 g/mol. The maximum atomic E-state index is 12.5. The van der Waals surface area contributed by atoms with Crippen LogP contribution >= 0.6 is 0 Å². The van der Waals surface area contributed by atoms with Crippen LogP contribution in [0, 0.1) is 0 Å². The highest BCUT2D eigenvalue weighted by atomic mass is 16.5. The van der Waals surface area contributed by atoms with Crippen LogP contribution in [0.25, 0.3) is 6.08 Å². The van der Waals surface area contributed by atoms with Gasteiger partial charge in [0.05, 0.1) is 14.2 Å². The summed E-state index contributed by atoms with van der Waals surface area (Å²) in [5.41, 5.74) is 2.17. The highest BCUT2D eigenvalue weighted by Gasteiger charge is 2.17. The Morgan fingerprint density at radius 1 is 1.08 bits per heavy atom. The molecule has 26 heavy (non-hydrogen) atoms. The topological polar surface area (TPSA) is 59.0 Å². The normalized spacial score (nSPS) is 10.8. The smallest absolute Gasteiger partial charge is 0.193 e. The van der Waals surface area contributed by atoms with Crippen molar-refractivity contribution in [2.45, 2.75) is 13.8 Å². The van der Waals surface area contributed by atoms with Crippen molar-refractivity contribution in [2.24, 2.45) is 0 Å². The zero-order chi connectivity index (χ0) is 19.1. The number of phenols is 1. The molecule has 0 amide bonds. The molecule has 2 aromatic rings. The van der Waals surface area contributed by atoms with Gasteiger partial charge in [0.2, 0.25) is 0 Å². The van der Waals surface area contributed by atoms with E-state index in [0.29, 0.717) is 5.75 Å². The second kappa shape index (κ2) is 8.94. The minimum Gasteiger partial charge on any atom is -0.507 e. The molecule has 0 aliphatic carbocycles. The van der Waals surface area contributed by atoms with Gasteiger partial charge in [-0.15, -0.1) is 0 Å². The largest absolute Gasteiger partial charge is 0.507 e. The summed E-state index contributed by atoms with van der Waals surface area (Å²) in [4.78, 5) is 14.8. The van der Waals surface area contributed by atoms with E-state index in [-0.39, 0.29) is 22.8 Å². The van der Waals surface area contributed by atoms with E-state index in [2.05, 4.69) is 18.7 Å². The number of phenolic OH excluding ortho intramolecular Hbond substituents is 1. The fourth-order valence-corrected chi connectivity index (χ4v) is 2.74. The molecule has 0 unspecified atom stereocenters. The minimum absolute atomic E-state index is 0.115. The Hall–Kier alpha value is -2.95. The highest BCUT2D eigenvalue weighted by Crippen LogP contribution is 2.33. The molecular weight excluding hydrogens is 330 g/mol. The molecule has 0 aromatic heterocycles. The van der Waals surface area contributed by atoms with Crippen LogP contribution < -0.4 is 14.4 Å². The Balaban J connectivity index is 2.22. The van der Waals surface area contributed by atoms with Crippen LogP contribution in [0.3, 0.4) is 0 Å². The fourth-order valence-electron chi connectivity index (χ4n) is 2.74. The molecule has 2 aromatic carbocycles. The SMILES string of the molecule is CCN(CC)c1ccc(/C=C/C(=O)c2c(O)cc(OC)cc2OC)cc1. The predicted octanol–water partition coefficient (Wildman–Crippen LogP) is 4.15. The van der Waals surface area contributed by atoms with Gasteiger partial charge in [0.25, 0.3) is 0 Å². The lowest BCUT2D eigenvalue weighted by Gasteiger charge is -2.20. The first-order valence-electron chi connectivity index (χ1n) is 8.56. The van der Waals surface area contributed by atoms with Crippen molar-refractivity contribution in [2.75, 3.05) is 32.2 Å². The van der Waals surface area contributed by atoms with Gasteiger partial charge in [-0.25, -0.2) is 0 Å². The second-order valence-electron chi connectivity index (χ2n) is 5.69. The number of ether oxygens (including phenoxy) is 2. The van der Waals surface area contributed by atoms with Crippen molar-refractivity contribution in [3.63, 3.8) is 0 Å². The molecular formula is C21H25NO4. The zero-order valence-electron chi connectivity index (χ0n) is 15.7. The Bertz CT molecular complexity index is 777. The second-order valence-corrected chi connectivity index (χ2v) is 5.69. The van der Waals surface area contributed by atoms with Crippen LogP contribution in [0.15, 0.2) is 42.5 Å². The third-order valence-electron chi connectivity index (χ3n) is 4.21. The van der Waals surface area contributed by atoms with Gasteiger partial charge in [-0.05, 0) is 37.6 Å². The van der Waals surface area contributed by atoms with Gasteiger partial charge < -0.3 is 19.5 Å². The van der Waals surface area contributed by atoms with E-state index < -0.39 is 0 Å². The number of hydrogen-bond acceptors (Lipinski definition) is 5. The van der Waals surface area contributed by atoms with E-state index in [1.54, 1.807) is 12.1 Å². The van der Waals surface area contributed by atoms with E-state index >= 15 is 0 Å². The van der Waals surface area contributed by atoms with Gasteiger partial charge in [-0.2, -0.15) is 0 Å². The first-order chi connectivity index (χ1) is 12.5. The number of ketones is 1. The van der Waals surface area contributed by atoms with Crippen LogP contribution in [0.4, 0.5) is 5.69 Å². The number of anilines is 1. The third-order valence-corrected chi connectivity index (χ3v) is 4.21. The summed E-state index contributed by atoms with van der Waals surface area (Å²) in [6, 6.07) is 10.9. The molecule has 0 bridgehead atoms. The maximum absolute atomic E-state index is 12.5. The van der Waals surface area contributed by atoms with Crippen molar-refractivity contribution in [3.05, 3.63) is 53.6 Å². The lowest BCUT2D eigenvalue weighted by Crippen LogP contribution is -2.21. The number of methoxy groups -OCH3 is 2. The monoisotopic (exact) mass is 355 g/mol. The van der Waals surface area contributed by atoms with Crippen molar-refractivity contribution in [1.29, 1.82) is 0 Å². The molecule has 0 saturated heterocycles. The number of carbonyl (C=O) groups is 1. The molecule has 1 N–H and O–H groups in total. The van der Waals surface area contributed by atoms with Crippen LogP contribution in [-0.4, -0.2) is 38.2 Å². The van der Waals surface area contributed by atoms with E-state index in [1.807, 2.05) is 24.3 Å². The van der Waals surface area contributed by atoms with Gasteiger partial charge in [-0.1, -0.05) is 18.2 Å². The Morgan fingerprint density at radius 3 is 2.27 bits per heavy atom. The van der Waals surface area contributed by atoms with Gasteiger partial charge in [0, 0.05) is 30.9 Å². The molecule has 0 aliphatic heterocycles. The summed E-state index contributed by atoms with van der Waals surface area (Å²) >= 11 is 0. The van der Waals surface area contributed by atoms with Crippen molar-refractivity contribution >= 4 is 17.5 Å². The standard InChI is InChI=1S/C21H25NO4/c1-5-22(6-2)16-10-7-15(8-11-16)9-12-18(23)21-19(24)13-17(25-3)14-20(21)26-4/h7-14,24H,5-6H2,1-4H3/b12-9+. The molecule has 0 atom stereocenters. The number of aromatic hydroxyl groups is 1. The molecule has 0 spiro atoms. The number of hydrogen-bond donors (Lipinski definition) is 1. The van der Waals surface area contributed by atoms with Crippen LogP contribution in [0.5, 0.6) is 17.2 Å². The minimum atomic E-state index is -0.338. The van der Waals surface area contributed by atoms with Gasteiger partial charge in [0.15, 0.2) is 5.78 Å². The molecule has 0 radical (unpaired) electrons. The summed E-state index contributed by atoms with van der Waals surface area (Å²) in [6.07, 6.45) is 3.15. The summed E-state index contributed by atoms with van der Waals surface area (Å²) in [5, 5.41) is 10.1. The quantitative estimate of drug-likeness (QED) is 0.569. The zero-order valence-corrected chi connectivity index (χ0v) is 15.7.